The highest BCUT2D eigenvalue weighted by Crippen LogP contribution is 2.21. The molecule has 8 heteroatoms. The molecule has 2 heterocycles. The van der Waals surface area contributed by atoms with Gasteiger partial charge in [-0.15, -0.1) is 0 Å². The molecular weight excluding hydrogens is 346 g/mol. The zero-order valence-corrected chi connectivity index (χ0v) is 14.1. The Bertz CT molecular complexity index is 810. The van der Waals surface area contributed by atoms with E-state index >= 15 is 0 Å². The van der Waals surface area contributed by atoms with Crippen LogP contribution >= 0.6 is 11.6 Å². The van der Waals surface area contributed by atoms with Gasteiger partial charge >= 0.3 is 5.88 Å². The van der Waals surface area contributed by atoms with Gasteiger partial charge < -0.3 is 14.2 Å². The summed E-state index contributed by atoms with van der Waals surface area (Å²) < 4.78 is 4.99. The molecule has 1 aliphatic rings. The van der Waals surface area contributed by atoms with Crippen LogP contribution in [0.5, 0.6) is 0 Å². The van der Waals surface area contributed by atoms with Crippen LogP contribution in [-0.2, 0) is 4.79 Å². The van der Waals surface area contributed by atoms with E-state index in [0.29, 0.717) is 31.2 Å². The van der Waals surface area contributed by atoms with Crippen molar-refractivity contribution < 1.29 is 14.1 Å². The van der Waals surface area contributed by atoms with Crippen LogP contribution in [0.2, 0.25) is 5.02 Å². The summed E-state index contributed by atoms with van der Waals surface area (Å²) in [4.78, 5) is 26.1. The van der Waals surface area contributed by atoms with Crippen LogP contribution in [-0.4, -0.2) is 41.9 Å². The molecule has 1 amide bonds. The summed E-state index contributed by atoms with van der Waals surface area (Å²) in [6.07, 6.45) is 2.82. The van der Waals surface area contributed by atoms with E-state index in [1.54, 1.807) is 4.90 Å². The van der Waals surface area contributed by atoms with E-state index in [2.05, 4.69) is 4.90 Å². The van der Waals surface area contributed by atoms with Gasteiger partial charge in [0.2, 0.25) is 5.91 Å². The zero-order chi connectivity index (χ0) is 17.8. The molecule has 0 radical (unpaired) electrons. The molecule has 1 aromatic carbocycles. The van der Waals surface area contributed by atoms with Gasteiger partial charge in [-0.1, -0.05) is 17.7 Å². The molecule has 2 aromatic rings. The fraction of sp³-hybridized carbons (Fsp3) is 0.235. The predicted molar refractivity (Wildman–Crippen MR) is 94.6 cm³/mol. The van der Waals surface area contributed by atoms with Crippen LogP contribution in [0.3, 0.4) is 0 Å². The first kappa shape index (κ1) is 17.0. The lowest BCUT2D eigenvalue weighted by Gasteiger charge is -2.35. The van der Waals surface area contributed by atoms with Gasteiger partial charge in [0, 0.05) is 43.0 Å². The third-order valence-electron chi connectivity index (χ3n) is 3.95. The van der Waals surface area contributed by atoms with Crippen LogP contribution in [0.1, 0.15) is 5.76 Å². The summed E-state index contributed by atoms with van der Waals surface area (Å²) in [5.74, 6) is -0.218. The van der Waals surface area contributed by atoms with Gasteiger partial charge in [0.05, 0.1) is 6.07 Å². The molecule has 1 aromatic heterocycles. The highest BCUT2D eigenvalue weighted by molar-refractivity contribution is 6.30. The van der Waals surface area contributed by atoms with E-state index in [4.69, 9.17) is 16.0 Å². The van der Waals surface area contributed by atoms with Crippen molar-refractivity contribution in [2.24, 2.45) is 0 Å². The number of nitrogens with zero attached hydrogens (tertiary/aromatic N) is 3. The Morgan fingerprint density at radius 1 is 1.20 bits per heavy atom. The van der Waals surface area contributed by atoms with E-state index in [-0.39, 0.29) is 17.6 Å². The number of furan rings is 1. The highest BCUT2D eigenvalue weighted by atomic mass is 35.5. The molecule has 1 fully saturated rings. The van der Waals surface area contributed by atoms with Crippen LogP contribution in [0.4, 0.5) is 11.6 Å². The Hall–Kier alpha value is -2.80. The Kier molecular flexibility index (Phi) is 5.04. The Labute approximate surface area is 149 Å². The Morgan fingerprint density at radius 3 is 2.60 bits per heavy atom. The first-order valence-electron chi connectivity index (χ1n) is 7.74. The number of hydrogen-bond acceptors (Lipinski definition) is 5. The quantitative estimate of drug-likeness (QED) is 0.474. The molecule has 0 N–H and O–H groups in total. The van der Waals surface area contributed by atoms with Crippen molar-refractivity contribution in [3.05, 3.63) is 63.4 Å². The highest BCUT2D eigenvalue weighted by Gasteiger charge is 2.20. The molecule has 130 valence electrons. The van der Waals surface area contributed by atoms with Crippen molar-refractivity contribution in [3.8, 4) is 0 Å². The topological polar surface area (TPSA) is 79.8 Å². The van der Waals surface area contributed by atoms with Gasteiger partial charge in [0.25, 0.3) is 0 Å². The number of benzene rings is 1. The average molecular weight is 362 g/mol. The molecule has 0 unspecified atom stereocenters. The molecule has 0 saturated carbocycles. The normalized spacial score (nSPS) is 14.9. The maximum atomic E-state index is 12.2. The number of amides is 1. The van der Waals surface area contributed by atoms with E-state index in [9.17, 15) is 14.9 Å². The standard InChI is InChI=1S/C17H16ClN3O4/c18-13-2-1-3-14(12-13)19-8-10-20(11-9-19)16(22)6-4-15-5-7-17(25-15)21(23)24/h1-7,12H,8-11H2/b6-4+. The molecular formula is C17H16ClN3O4. The predicted octanol–water partition coefficient (Wildman–Crippen LogP) is 3.20. The molecule has 0 aliphatic carbocycles. The van der Waals surface area contributed by atoms with Gasteiger partial charge in [-0.05, 0) is 30.3 Å². The summed E-state index contributed by atoms with van der Waals surface area (Å²) in [7, 11) is 0. The first-order valence-corrected chi connectivity index (χ1v) is 8.12. The average Bonchev–Trinajstić information content (AvgIpc) is 3.09. The number of halogens is 1. The largest absolute Gasteiger partial charge is 0.433 e. The molecule has 1 saturated heterocycles. The monoisotopic (exact) mass is 361 g/mol. The number of nitro groups is 1. The first-order chi connectivity index (χ1) is 12.0. The van der Waals surface area contributed by atoms with Crippen molar-refractivity contribution in [2.45, 2.75) is 0 Å². The van der Waals surface area contributed by atoms with Gasteiger partial charge in [-0.3, -0.25) is 14.9 Å². The molecule has 3 rings (SSSR count). The second kappa shape index (κ2) is 7.40. The maximum absolute atomic E-state index is 12.2. The van der Waals surface area contributed by atoms with E-state index in [1.165, 1.54) is 24.3 Å². The van der Waals surface area contributed by atoms with Crippen molar-refractivity contribution in [1.82, 2.24) is 4.90 Å². The summed E-state index contributed by atoms with van der Waals surface area (Å²) in [5.41, 5.74) is 1.04. The van der Waals surface area contributed by atoms with Gasteiger partial charge in [-0.25, -0.2) is 0 Å². The second-order valence-electron chi connectivity index (χ2n) is 5.56. The van der Waals surface area contributed by atoms with E-state index in [0.717, 1.165) is 5.69 Å². The van der Waals surface area contributed by atoms with Gasteiger partial charge in [0.15, 0.2) is 0 Å². The number of piperazine rings is 1. The summed E-state index contributed by atoms with van der Waals surface area (Å²) >= 11 is 6.01. The lowest BCUT2D eigenvalue weighted by molar-refractivity contribution is -0.402. The summed E-state index contributed by atoms with van der Waals surface area (Å²) in [6.45, 7) is 2.61. The molecule has 25 heavy (non-hydrogen) atoms. The number of carbonyl (C=O) groups excluding carboxylic acids is 1. The molecule has 0 bridgehead atoms. The molecule has 7 nitrogen and oxygen atoms in total. The number of rotatable bonds is 4. The minimum atomic E-state index is -0.617. The van der Waals surface area contributed by atoms with Crippen LogP contribution in [0.25, 0.3) is 6.08 Å². The summed E-state index contributed by atoms with van der Waals surface area (Å²) in [6, 6.07) is 10.3. The molecule has 1 aliphatic heterocycles. The van der Waals surface area contributed by atoms with E-state index in [1.807, 2.05) is 24.3 Å². The SMILES string of the molecule is O=C(/C=C/c1ccc([N+](=O)[O-])o1)N1CCN(c2cccc(Cl)c2)CC1. The zero-order valence-electron chi connectivity index (χ0n) is 13.3. The third kappa shape index (κ3) is 4.19. The van der Waals surface area contributed by atoms with Crippen molar-refractivity contribution in [1.29, 1.82) is 0 Å². The molecule has 0 spiro atoms. The van der Waals surface area contributed by atoms with Crippen molar-refractivity contribution >= 4 is 35.2 Å². The second-order valence-corrected chi connectivity index (χ2v) is 6.00. The minimum absolute atomic E-state index is 0.148. The fourth-order valence-corrected chi connectivity index (χ4v) is 2.83. The Morgan fingerprint density at radius 2 is 1.96 bits per heavy atom. The van der Waals surface area contributed by atoms with Gasteiger partial charge in [0.1, 0.15) is 10.7 Å². The maximum Gasteiger partial charge on any atom is 0.433 e. The van der Waals surface area contributed by atoms with Crippen molar-refractivity contribution in [2.75, 3.05) is 31.1 Å². The lowest BCUT2D eigenvalue weighted by Crippen LogP contribution is -2.48. The molecule has 0 atom stereocenters. The number of anilines is 1. The number of carbonyl (C=O) groups is 1. The number of hydrogen-bond donors (Lipinski definition) is 0. The third-order valence-corrected chi connectivity index (χ3v) is 4.18. The van der Waals surface area contributed by atoms with Crippen molar-refractivity contribution in [3.63, 3.8) is 0 Å². The summed E-state index contributed by atoms with van der Waals surface area (Å²) in [5, 5.41) is 11.3. The fourth-order valence-electron chi connectivity index (χ4n) is 2.65. The van der Waals surface area contributed by atoms with Crippen LogP contribution in [0.15, 0.2) is 46.9 Å². The van der Waals surface area contributed by atoms with Crippen LogP contribution in [0, 0.1) is 10.1 Å². The lowest BCUT2D eigenvalue weighted by atomic mass is 10.2. The van der Waals surface area contributed by atoms with Gasteiger partial charge in [-0.2, -0.15) is 0 Å². The minimum Gasteiger partial charge on any atom is -0.401 e. The Balaban J connectivity index is 1.56. The van der Waals surface area contributed by atoms with E-state index < -0.39 is 4.92 Å². The van der Waals surface area contributed by atoms with Crippen LogP contribution < -0.4 is 4.90 Å². The smallest absolute Gasteiger partial charge is 0.401 e.